The Morgan fingerprint density at radius 3 is 2.51 bits per heavy atom. The molecule has 4 aromatic heterocycles. The fourth-order valence-electron chi connectivity index (χ4n) is 7.79. The molecule has 5 aliphatic rings. The third-order valence-electron chi connectivity index (χ3n) is 10.1. The number of methoxy groups -OCH3 is 1. The number of hydrogen-bond acceptors (Lipinski definition) is 10. The number of piperazine rings is 1. The Bertz CT molecular complexity index is 1690. The number of morpholine rings is 1. The van der Waals surface area contributed by atoms with Crippen molar-refractivity contribution in [3.63, 3.8) is 0 Å². The van der Waals surface area contributed by atoms with Gasteiger partial charge in [-0.2, -0.15) is 10.4 Å². The van der Waals surface area contributed by atoms with E-state index in [1.165, 1.54) is 31.2 Å². The van der Waals surface area contributed by atoms with Gasteiger partial charge in [0.1, 0.15) is 24.2 Å². The van der Waals surface area contributed by atoms with E-state index in [-0.39, 0.29) is 0 Å². The molecule has 9 rings (SSSR count). The SMILES string of the molecule is COc1ccc(CN2CC3CCC2CN3c2ccc(-c3cc(OCCN4C5CCC4COC5)cn4ncc(C#N)c34)cn2)cn1. The number of rotatable bonds is 9. The summed E-state index contributed by atoms with van der Waals surface area (Å²) in [6, 6.07) is 14.5. The highest BCUT2D eigenvalue weighted by atomic mass is 16.5. The molecule has 9 heterocycles. The number of fused-ring (bicyclic) bond motifs is 6. The van der Waals surface area contributed by atoms with Crippen molar-refractivity contribution in [2.45, 2.75) is 56.4 Å². The summed E-state index contributed by atoms with van der Waals surface area (Å²) in [6.07, 6.45) is 12.1. The smallest absolute Gasteiger partial charge is 0.212 e. The summed E-state index contributed by atoms with van der Waals surface area (Å²) >= 11 is 0. The Morgan fingerprint density at radius 2 is 1.80 bits per heavy atom. The zero-order chi connectivity index (χ0) is 30.3. The van der Waals surface area contributed by atoms with E-state index in [0.717, 1.165) is 67.6 Å². The molecule has 4 unspecified atom stereocenters. The predicted octanol–water partition coefficient (Wildman–Crippen LogP) is 3.77. The van der Waals surface area contributed by atoms with Gasteiger partial charge in [-0.05, 0) is 49.4 Å². The third-order valence-corrected chi connectivity index (χ3v) is 10.1. The van der Waals surface area contributed by atoms with Crippen LogP contribution in [0.15, 0.2) is 55.1 Å². The van der Waals surface area contributed by atoms with Crippen LogP contribution in [-0.2, 0) is 11.3 Å². The molecule has 4 aromatic rings. The van der Waals surface area contributed by atoms with Gasteiger partial charge in [0.15, 0.2) is 0 Å². The number of anilines is 1. The number of nitriles is 1. The second-order valence-electron chi connectivity index (χ2n) is 12.6. The largest absolute Gasteiger partial charge is 0.491 e. The highest BCUT2D eigenvalue weighted by Gasteiger charge is 2.39. The first-order valence-corrected chi connectivity index (χ1v) is 16.0. The fraction of sp³-hybridized carbons (Fsp3) is 0.471. The average molecular weight is 607 g/mol. The molecule has 0 aromatic carbocycles. The highest BCUT2D eigenvalue weighted by Crippen LogP contribution is 2.35. The number of aromatic nitrogens is 4. The first kappa shape index (κ1) is 28.2. The third kappa shape index (κ3) is 5.37. The van der Waals surface area contributed by atoms with Gasteiger partial charge in [0.2, 0.25) is 5.88 Å². The molecule has 0 N–H and O–H groups in total. The summed E-state index contributed by atoms with van der Waals surface area (Å²) in [4.78, 5) is 16.9. The van der Waals surface area contributed by atoms with Crippen molar-refractivity contribution >= 4 is 11.3 Å². The molecule has 5 aliphatic heterocycles. The first-order chi connectivity index (χ1) is 22.2. The molecule has 11 nitrogen and oxygen atoms in total. The molecular formula is C34H38N8O3. The lowest BCUT2D eigenvalue weighted by Crippen LogP contribution is -2.62. The molecule has 0 aliphatic carbocycles. The van der Waals surface area contributed by atoms with Crippen LogP contribution in [0.25, 0.3) is 16.6 Å². The van der Waals surface area contributed by atoms with Crippen molar-refractivity contribution in [1.29, 1.82) is 5.26 Å². The maximum Gasteiger partial charge on any atom is 0.212 e. The number of piperidine rings is 2. The van der Waals surface area contributed by atoms with Crippen LogP contribution in [0, 0.1) is 11.3 Å². The Balaban J connectivity index is 0.981. The normalized spacial score (nSPS) is 24.7. The van der Waals surface area contributed by atoms with Crippen LogP contribution in [0.1, 0.15) is 36.8 Å². The quantitative estimate of drug-likeness (QED) is 0.280. The van der Waals surface area contributed by atoms with Gasteiger partial charge in [0.05, 0.1) is 43.8 Å². The lowest BCUT2D eigenvalue weighted by Gasteiger charge is -2.52. The van der Waals surface area contributed by atoms with Gasteiger partial charge in [0.25, 0.3) is 0 Å². The average Bonchev–Trinajstić information content (AvgIpc) is 3.60. The molecule has 5 fully saturated rings. The van der Waals surface area contributed by atoms with Crippen molar-refractivity contribution in [3.05, 3.63) is 66.2 Å². The van der Waals surface area contributed by atoms with Crippen LogP contribution in [0.2, 0.25) is 0 Å². The maximum atomic E-state index is 9.83. The van der Waals surface area contributed by atoms with Gasteiger partial charge in [-0.1, -0.05) is 6.07 Å². The molecule has 11 heteroatoms. The molecule has 0 radical (unpaired) electrons. The number of nitrogens with zero attached hydrogens (tertiary/aromatic N) is 8. The Labute approximate surface area is 262 Å². The summed E-state index contributed by atoms with van der Waals surface area (Å²) in [5.74, 6) is 2.37. The zero-order valence-corrected chi connectivity index (χ0v) is 25.6. The minimum atomic E-state index is 0.421. The number of pyridine rings is 3. The standard InChI is InChI=1S/C34H38N8O3/c1-43-33-9-2-23(14-37-33)17-39-18-27-5-4-26(39)19-41(27)32-8-3-24(15-36-32)31-12-30(20-42-34(31)25(13-35)16-38-42)45-11-10-40-28-6-7-29(40)22-44-21-28/h2-3,8-9,12,14-16,20,26-29H,4-7,10-11,17-19,21-22H2,1H3. The molecule has 4 atom stereocenters. The Morgan fingerprint density at radius 1 is 0.956 bits per heavy atom. The molecule has 0 spiro atoms. The van der Waals surface area contributed by atoms with Crippen molar-refractivity contribution < 1.29 is 14.2 Å². The maximum absolute atomic E-state index is 9.83. The van der Waals surface area contributed by atoms with Gasteiger partial charge in [-0.25, -0.2) is 14.5 Å². The second kappa shape index (κ2) is 11.9. The van der Waals surface area contributed by atoms with E-state index in [2.05, 4.69) is 49.1 Å². The van der Waals surface area contributed by atoms with Gasteiger partial charge >= 0.3 is 0 Å². The Hall–Kier alpha value is -4.24. The zero-order valence-electron chi connectivity index (χ0n) is 25.6. The van der Waals surface area contributed by atoms with Crippen LogP contribution >= 0.6 is 0 Å². The second-order valence-corrected chi connectivity index (χ2v) is 12.6. The van der Waals surface area contributed by atoms with E-state index < -0.39 is 0 Å². The first-order valence-electron chi connectivity index (χ1n) is 16.0. The van der Waals surface area contributed by atoms with E-state index >= 15 is 0 Å². The molecule has 4 bridgehead atoms. The minimum absolute atomic E-state index is 0.421. The van der Waals surface area contributed by atoms with Crippen molar-refractivity contribution in [2.24, 2.45) is 0 Å². The van der Waals surface area contributed by atoms with Crippen LogP contribution in [0.4, 0.5) is 5.82 Å². The van der Waals surface area contributed by atoms with Gasteiger partial charge in [-0.3, -0.25) is 9.80 Å². The molecule has 0 amide bonds. The van der Waals surface area contributed by atoms with E-state index in [1.807, 2.05) is 30.7 Å². The highest BCUT2D eigenvalue weighted by molar-refractivity contribution is 5.85. The van der Waals surface area contributed by atoms with E-state index in [4.69, 9.17) is 19.2 Å². The number of ether oxygens (including phenoxy) is 3. The molecule has 232 valence electrons. The summed E-state index contributed by atoms with van der Waals surface area (Å²) in [5.41, 5.74) is 4.34. The lowest BCUT2D eigenvalue weighted by atomic mass is 9.90. The molecule has 5 saturated heterocycles. The van der Waals surface area contributed by atoms with Crippen molar-refractivity contribution in [2.75, 3.05) is 51.5 Å². The van der Waals surface area contributed by atoms with Gasteiger partial charge in [0, 0.05) is 79.9 Å². The van der Waals surface area contributed by atoms with Crippen LogP contribution in [-0.4, -0.2) is 100 Å². The molecule has 45 heavy (non-hydrogen) atoms. The van der Waals surface area contributed by atoms with Gasteiger partial charge < -0.3 is 19.1 Å². The number of hydrogen-bond donors (Lipinski definition) is 0. The van der Waals surface area contributed by atoms with E-state index in [1.54, 1.807) is 17.8 Å². The van der Waals surface area contributed by atoms with E-state index in [9.17, 15) is 5.26 Å². The Kier molecular flexibility index (Phi) is 7.49. The summed E-state index contributed by atoms with van der Waals surface area (Å²) in [5, 5.41) is 14.3. The summed E-state index contributed by atoms with van der Waals surface area (Å²) in [6.45, 7) is 5.96. The van der Waals surface area contributed by atoms with Crippen molar-refractivity contribution in [3.8, 4) is 28.8 Å². The monoisotopic (exact) mass is 606 g/mol. The fourth-order valence-corrected chi connectivity index (χ4v) is 7.79. The predicted molar refractivity (Wildman–Crippen MR) is 168 cm³/mol. The molecular weight excluding hydrogens is 568 g/mol. The summed E-state index contributed by atoms with van der Waals surface area (Å²) < 4.78 is 19.0. The van der Waals surface area contributed by atoms with Crippen LogP contribution in [0.5, 0.6) is 11.6 Å². The van der Waals surface area contributed by atoms with E-state index in [0.29, 0.717) is 42.2 Å². The van der Waals surface area contributed by atoms with Crippen LogP contribution < -0.4 is 14.4 Å². The van der Waals surface area contributed by atoms with Crippen LogP contribution in [0.3, 0.4) is 0 Å². The minimum Gasteiger partial charge on any atom is -0.491 e. The summed E-state index contributed by atoms with van der Waals surface area (Å²) in [7, 11) is 1.64. The van der Waals surface area contributed by atoms with Gasteiger partial charge in [-0.15, -0.1) is 0 Å². The van der Waals surface area contributed by atoms with Crippen molar-refractivity contribution in [1.82, 2.24) is 29.4 Å². The molecule has 0 saturated carbocycles. The topological polar surface area (TPSA) is 104 Å². The lowest BCUT2D eigenvalue weighted by molar-refractivity contribution is -0.0190.